The second-order valence-electron chi connectivity index (χ2n) is 6.04. The van der Waals surface area contributed by atoms with Crippen LogP contribution in [-0.4, -0.2) is 53.1 Å². The number of benzene rings is 2. The van der Waals surface area contributed by atoms with Gasteiger partial charge in [-0.05, 0) is 42.5 Å². The van der Waals surface area contributed by atoms with Crippen molar-refractivity contribution in [3.63, 3.8) is 0 Å². The number of ether oxygens (including phenoxy) is 2. The van der Waals surface area contributed by atoms with Gasteiger partial charge in [0.15, 0.2) is 0 Å². The molecule has 0 radical (unpaired) electrons. The lowest BCUT2D eigenvalue weighted by molar-refractivity contribution is -0.113. The first kappa shape index (κ1) is 21.8. The van der Waals surface area contributed by atoms with E-state index in [-0.39, 0.29) is 39.4 Å². The Labute approximate surface area is 180 Å². The van der Waals surface area contributed by atoms with Crippen LogP contribution in [0.15, 0.2) is 52.1 Å². The number of phenols is 1. The van der Waals surface area contributed by atoms with E-state index < -0.39 is 17.8 Å². The van der Waals surface area contributed by atoms with Crippen molar-refractivity contribution in [3.05, 3.63) is 53.6 Å². The smallest absolute Gasteiger partial charge is 0.337 e. The highest BCUT2D eigenvalue weighted by molar-refractivity contribution is 7.99. The second-order valence-corrected chi connectivity index (χ2v) is 6.97. The van der Waals surface area contributed by atoms with Gasteiger partial charge in [-0.25, -0.2) is 9.59 Å². The van der Waals surface area contributed by atoms with Crippen LogP contribution in [0.1, 0.15) is 20.7 Å². The van der Waals surface area contributed by atoms with Gasteiger partial charge in [0.2, 0.25) is 11.8 Å². The van der Waals surface area contributed by atoms with E-state index in [1.807, 2.05) is 0 Å². The Kier molecular flexibility index (Phi) is 6.88. The molecule has 3 rings (SSSR count). The van der Waals surface area contributed by atoms with Gasteiger partial charge in [0.05, 0.1) is 31.1 Å². The third-order valence-electron chi connectivity index (χ3n) is 3.91. The molecule has 11 heteroatoms. The zero-order chi connectivity index (χ0) is 22.4. The molecule has 0 bridgehead atoms. The quantitative estimate of drug-likeness (QED) is 0.413. The molecule has 0 spiro atoms. The number of phenolic OH excluding ortho intramolecular Hbond substituents is 1. The summed E-state index contributed by atoms with van der Waals surface area (Å²) >= 11 is 1.01. The molecule has 2 N–H and O–H groups in total. The van der Waals surface area contributed by atoms with E-state index in [1.54, 1.807) is 12.1 Å². The number of methoxy groups -OCH3 is 2. The van der Waals surface area contributed by atoms with E-state index in [0.717, 1.165) is 11.8 Å². The van der Waals surface area contributed by atoms with Gasteiger partial charge in [0.1, 0.15) is 5.75 Å². The Morgan fingerprint density at radius 3 is 2.19 bits per heavy atom. The largest absolute Gasteiger partial charge is 0.508 e. The van der Waals surface area contributed by atoms with Gasteiger partial charge in [-0.15, -0.1) is 10.2 Å². The molecule has 0 aliphatic rings. The van der Waals surface area contributed by atoms with Crippen molar-refractivity contribution in [1.29, 1.82) is 0 Å². The molecule has 0 saturated carbocycles. The molecule has 1 aromatic heterocycles. The number of nitrogens with one attached hydrogen (secondary N) is 1. The van der Waals surface area contributed by atoms with Crippen molar-refractivity contribution >= 4 is 35.3 Å². The summed E-state index contributed by atoms with van der Waals surface area (Å²) in [6.45, 7) is 0. The first-order valence-corrected chi connectivity index (χ1v) is 9.75. The van der Waals surface area contributed by atoms with Crippen molar-refractivity contribution < 1.29 is 33.4 Å². The summed E-state index contributed by atoms with van der Waals surface area (Å²) < 4.78 is 14.8. The third kappa shape index (κ3) is 5.60. The molecule has 31 heavy (non-hydrogen) atoms. The highest BCUT2D eigenvalue weighted by atomic mass is 32.2. The third-order valence-corrected chi connectivity index (χ3v) is 4.72. The molecular formula is C20H17N3O7S. The van der Waals surface area contributed by atoms with Crippen LogP contribution >= 0.6 is 11.8 Å². The minimum Gasteiger partial charge on any atom is -0.508 e. The number of hydrogen-bond donors (Lipinski definition) is 2. The molecule has 1 amide bonds. The average molecular weight is 443 g/mol. The molecule has 0 unspecified atom stereocenters. The summed E-state index contributed by atoms with van der Waals surface area (Å²) in [7, 11) is 2.41. The van der Waals surface area contributed by atoms with Crippen LogP contribution in [0, 0.1) is 0 Å². The van der Waals surface area contributed by atoms with Gasteiger partial charge in [0, 0.05) is 11.3 Å². The molecule has 160 valence electrons. The minimum atomic E-state index is -0.664. The zero-order valence-corrected chi connectivity index (χ0v) is 17.3. The van der Waals surface area contributed by atoms with Crippen molar-refractivity contribution in [3.8, 4) is 17.2 Å². The number of anilines is 1. The number of rotatable bonds is 7. The maximum absolute atomic E-state index is 12.3. The SMILES string of the molecule is COC(=O)c1cc(NC(=O)CSc2nnc(-c3ccc(O)cc3)o2)cc(C(=O)OC)c1. The maximum atomic E-state index is 12.3. The fraction of sp³-hybridized carbons (Fsp3) is 0.150. The van der Waals surface area contributed by atoms with Crippen LogP contribution in [0.5, 0.6) is 5.75 Å². The summed E-state index contributed by atoms with van der Waals surface area (Å²) in [4.78, 5) is 36.0. The summed E-state index contributed by atoms with van der Waals surface area (Å²) in [5, 5.41) is 19.9. The van der Waals surface area contributed by atoms with E-state index in [0.29, 0.717) is 5.56 Å². The molecule has 0 saturated heterocycles. The Morgan fingerprint density at radius 2 is 1.61 bits per heavy atom. The number of esters is 2. The molecule has 2 aromatic carbocycles. The number of carbonyl (C=O) groups is 3. The fourth-order valence-corrected chi connectivity index (χ4v) is 3.05. The predicted molar refractivity (Wildman–Crippen MR) is 110 cm³/mol. The summed E-state index contributed by atoms with van der Waals surface area (Å²) in [5.41, 5.74) is 1.02. The normalized spacial score (nSPS) is 10.4. The van der Waals surface area contributed by atoms with E-state index in [4.69, 9.17) is 4.42 Å². The molecular weight excluding hydrogens is 426 g/mol. The molecule has 0 atom stereocenters. The van der Waals surface area contributed by atoms with Gasteiger partial charge in [-0.1, -0.05) is 11.8 Å². The van der Waals surface area contributed by atoms with Crippen molar-refractivity contribution in [2.75, 3.05) is 25.3 Å². The number of carbonyl (C=O) groups excluding carboxylic acids is 3. The molecule has 0 aliphatic carbocycles. The first-order valence-electron chi connectivity index (χ1n) is 8.77. The number of aromatic hydroxyl groups is 1. The van der Waals surface area contributed by atoms with Crippen molar-refractivity contribution in [2.45, 2.75) is 5.22 Å². The Morgan fingerprint density at radius 1 is 1.00 bits per heavy atom. The lowest BCUT2D eigenvalue weighted by Crippen LogP contribution is -2.16. The van der Waals surface area contributed by atoms with E-state index in [1.165, 1.54) is 44.6 Å². The fourth-order valence-electron chi connectivity index (χ4n) is 2.48. The summed E-state index contributed by atoms with van der Waals surface area (Å²) in [5.74, 6) is -1.45. The predicted octanol–water partition coefficient (Wildman–Crippen LogP) is 2.75. The number of hydrogen-bond acceptors (Lipinski definition) is 10. The summed E-state index contributed by atoms with van der Waals surface area (Å²) in [6, 6.07) is 10.3. The average Bonchev–Trinajstić information content (AvgIpc) is 3.26. The Balaban J connectivity index is 1.66. The first-order chi connectivity index (χ1) is 14.9. The van der Waals surface area contributed by atoms with E-state index in [9.17, 15) is 19.5 Å². The minimum absolute atomic E-state index is 0.0623. The lowest BCUT2D eigenvalue weighted by atomic mass is 10.1. The number of thioether (sulfide) groups is 1. The van der Waals surface area contributed by atoms with Crippen LogP contribution in [0.25, 0.3) is 11.5 Å². The van der Waals surface area contributed by atoms with Crippen LogP contribution in [-0.2, 0) is 14.3 Å². The van der Waals surface area contributed by atoms with Crippen LogP contribution in [0.2, 0.25) is 0 Å². The molecule has 0 aliphatic heterocycles. The summed E-state index contributed by atoms with van der Waals surface area (Å²) in [6.07, 6.45) is 0. The number of amides is 1. The monoisotopic (exact) mass is 443 g/mol. The van der Waals surface area contributed by atoms with Crippen LogP contribution < -0.4 is 5.32 Å². The van der Waals surface area contributed by atoms with Gasteiger partial charge in [-0.3, -0.25) is 4.79 Å². The Hall–Kier alpha value is -3.86. The molecule has 10 nitrogen and oxygen atoms in total. The highest BCUT2D eigenvalue weighted by Crippen LogP contribution is 2.25. The standard InChI is InChI=1S/C20H17N3O7S/c1-28-18(26)12-7-13(19(27)29-2)9-14(8-12)21-16(25)10-31-20-23-22-17(30-20)11-3-5-15(24)6-4-11/h3-9,24H,10H2,1-2H3,(H,21,25). The Bertz CT molecular complexity index is 1080. The van der Waals surface area contributed by atoms with Crippen molar-refractivity contribution in [2.24, 2.45) is 0 Å². The number of nitrogens with zero attached hydrogens (tertiary/aromatic N) is 2. The second kappa shape index (κ2) is 9.76. The van der Waals surface area contributed by atoms with Gasteiger partial charge >= 0.3 is 11.9 Å². The van der Waals surface area contributed by atoms with Crippen LogP contribution in [0.3, 0.4) is 0 Å². The van der Waals surface area contributed by atoms with Gasteiger partial charge < -0.3 is 24.3 Å². The van der Waals surface area contributed by atoms with E-state index >= 15 is 0 Å². The van der Waals surface area contributed by atoms with E-state index in [2.05, 4.69) is 25.0 Å². The molecule has 0 fully saturated rings. The van der Waals surface area contributed by atoms with Crippen LogP contribution in [0.4, 0.5) is 5.69 Å². The lowest BCUT2D eigenvalue weighted by Gasteiger charge is -2.09. The topological polar surface area (TPSA) is 141 Å². The number of aromatic nitrogens is 2. The van der Waals surface area contributed by atoms with Gasteiger partial charge in [-0.2, -0.15) is 0 Å². The molecule has 3 aromatic rings. The van der Waals surface area contributed by atoms with Gasteiger partial charge in [0.25, 0.3) is 5.22 Å². The van der Waals surface area contributed by atoms with Crippen molar-refractivity contribution in [1.82, 2.24) is 10.2 Å². The highest BCUT2D eigenvalue weighted by Gasteiger charge is 2.16. The maximum Gasteiger partial charge on any atom is 0.337 e. The zero-order valence-electron chi connectivity index (χ0n) is 16.4. The molecule has 1 heterocycles.